The van der Waals surface area contributed by atoms with Crippen molar-refractivity contribution in [2.75, 3.05) is 36.5 Å². The summed E-state index contributed by atoms with van der Waals surface area (Å²) >= 11 is 0. The number of nitrogens with two attached hydrogens (primary N) is 1. The van der Waals surface area contributed by atoms with Crippen LogP contribution in [-0.2, 0) is 11.8 Å². The van der Waals surface area contributed by atoms with E-state index in [0.29, 0.717) is 24.7 Å². The Morgan fingerprint density at radius 1 is 1.10 bits per heavy atom. The summed E-state index contributed by atoms with van der Waals surface area (Å²) in [5.41, 5.74) is 8.71. The molecule has 4 aromatic rings. The number of aromatic nitrogens is 3. The van der Waals surface area contributed by atoms with Crippen LogP contribution in [0.5, 0.6) is 0 Å². The highest BCUT2D eigenvalue weighted by molar-refractivity contribution is 6.08. The van der Waals surface area contributed by atoms with Gasteiger partial charge in [0.25, 0.3) is 0 Å². The number of morpholine rings is 1. The van der Waals surface area contributed by atoms with Crippen molar-refractivity contribution in [1.82, 2.24) is 14.5 Å². The highest BCUT2D eigenvalue weighted by Crippen LogP contribution is 2.33. The minimum Gasteiger partial charge on any atom is -0.378 e. The number of hydrogen-bond acceptors (Lipinski definition) is 5. The molecule has 0 atom stereocenters. The molecule has 3 N–H and O–H groups in total. The summed E-state index contributed by atoms with van der Waals surface area (Å²) in [6, 6.07) is 13.1. The summed E-state index contributed by atoms with van der Waals surface area (Å²) in [4.78, 5) is 23.4. The standard InChI is InChI=1S/C22H22N6O2/c1-27-8-7-16-18(27)6-5-17-19(16)25-20(26-21(17)28-9-11-30-12-10-28)14-3-2-4-15(13-14)24-22(23)29/h2-8,13H,9-12H2,1H3,(H3,23,24,29). The molecule has 5 rings (SSSR count). The first kappa shape index (κ1) is 18.4. The Labute approximate surface area is 173 Å². The number of benzene rings is 2. The fourth-order valence-electron chi connectivity index (χ4n) is 3.95. The molecule has 0 spiro atoms. The molecule has 0 bridgehead atoms. The number of nitrogens with one attached hydrogen (secondary N) is 1. The number of aryl methyl sites for hydroxylation is 1. The number of hydrogen-bond donors (Lipinski definition) is 2. The van der Waals surface area contributed by atoms with Crippen molar-refractivity contribution in [3.05, 3.63) is 48.7 Å². The first-order valence-corrected chi connectivity index (χ1v) is 9.85. The number of nitrogens with zero attached hydrogens (tertiary/aromatic N) is 4. The fourth-order valence-corrected chi connectivity index (χ4v) is 3.95. The number of rotatable bonds is 3. The predicted molar refractivity (Wildman–Crippen MR) is 118 cm³/mol. The van der Waals surface area contributed by atoms with Gasteiger partial charge in [-0.05, 0) is 30.3 Å². The monoisotopic (exact) mass is 402 g/mol. The summed E-state index contributed by atoms with van der Waals surface area (Å²) in [7, 11) is 2.03. The van der Waals surface area contributed by atoms with Gasteiger partial charge in [0.05, 0.1) is 18.7 Å². The summed E-state index contributed by atoms with van der Waals surface area (Å²) in [6.07, 6.45) is 2.04. The Morgan fingerprint density at radius 3 is 2.73 bits per heavy atom. The third-order valence-corrected chi connectivity index (χ3v) is 5.41. The van der Waals surface area contributed by atoms with Crippen LogP contribution in [0, 0.1) is 0 Å². The molecule has 1 saturated heterocycles. The Bertz CT molecular complexity index is 1260. The molecule has 1 aliphatic heterocycles. The van der Waals surface area contributed by atoms with Crippen molar-refractivity contribution in [3.8, 4) is 11.4 Å². The highest BCUT2D eigenvalue weighted by atomic mass is 16.5. The Hall–Kier alpha value is -3.65. The summed E-state index contributed by atoms with van der Waals surface area (Å²) in [6.45, 7) is 2.90. The van der Waals surface area contributed by atoms with Crippen LogP contribution < -0.4 is 16.0 Å². The van der Waals surface area contributed by atoms with Crippen molar-refractivity contribution in [2.45, 2.75) is 0 Å². The molecular formula is C22H22N6O2. The molecule has 0 radical (unpaired) electrons. The lowest BCUT2D eigenvalue weighted by atomic mass is 10.1. The average molecular weight is 402 g/mol. The number of carbonyl (C=O) groups excluding carboxylic acids is 1. The molecule has 1 aliphatic rings. The largest absolute Gasteiger partial charge is 0.378 e. The molecule has 152 valence electrons. The Balaban J connectivity index is 1.74. The van der Waals surface area contributed by atoms with Gasteiger partial charge < -0.3 is 25.3 Å². The van der Waals surface area contributed by atoms with Gasteiger partial charge in [-0.2, -0.15) is 0 Å². The maximum atomic E-state index is 11.3. The van der Waals surface area contributed by atoms with Crippen molar-refractivity contribution >= 4 is 39.3 Å². The van der Waals surface area contributed by atoms with Gasteiger partial charge in [0, 0.05) is 53.9 Å². The van der Waals surface area contributed by atoms with Crippen LogP contribution in [0.25, 0.3) is 33.2 Å². The van der Waals surface area contributed by atoms with Gasteiger partial charge in [-0.3, -0.25) is 0 Å². The molecule has 2 aromatic carbocycles. The number of ether oxygens (including phenoxy) is 1. The zero-order valence-electron chi connectivity index (χ0n) is 16.6. The third kappa shape index (κ3) is 3.21. The van der Waals surface area contributed by atoms with E-state index in [1.807, 2.05) is 31.4 Å². The Kier molecular flexibility index (Phi) is 4.48. The van der Waals surface area contributed by atoms with Crippen LogP contribution in [0.15, 0.2) is 48.7 Å². The predicted octanol–water partition coefficient (Wildman–Crippen LogP) is 3.12. The topological polar surface area (TPSA) is 98.3 Å². The third-order valence-electron chi connectivity index (χ3n) is 5.41. The van der Waals surface area contributed by atoms with Crippen molar-refractivity contribution in [3.63, 3.8) is 0 Å². The van der Waals surface area contributed by atoms with Crippen LogP contribution in [0.1, 0.15) is 0 Å². The molecule has 1 fully saturated rings. The molecule has 0 unspecified atom stereocenters. The first-order chi connectivity index (χ1) is 14.6. The molecule has 0 aliphatic carbocycles. The fraction of sp³-hybridized carbons (Fsp3) is 0.227. The van der Waals surface area contributed by atoms with Gasteiger partial charge in [-0.25, -0.2) is 14.8 Å². The number of carbonyl (C=O) groups is 1. The summed E-state index contributed by atoms with van der Waals surface area (Å²) in [5, 5.41) is 4.72. The van der Waals surface area contributed by atoms with Crippen LogP contribution in [0.3, 0.4) is 0 Å². The second kappa shape index (κ2) is 7.31. The molecule has 8 nitrogen and oxygen atoms in total. The van der Waals surface area contributed by atoms with Gasteiger partial charge >= 0.3 is 6.03 Å². The highest BCUT2D eigenvalue weighted by Gasteiger charge is 2.20. The SMILES string of the molecule is Cn1ccc2c3nc(-c4cccc(NC(N)=O)c4)nc(N4CCOCC4)c3ccc21. The Morgan fingerprint density at radius 2 is 1.93 bits per heavy atom. The molecule has 2 aromatic heterocycles. The number of amides is 2. The lowest BCUT2D eigenvalue weighted by Crippen LogP contribution is -2.37. The van der Waals surface area contributed by atoms with Crippen molar-refractivity contribution in [1.29, 1.82) is 0 Å². The van der Waals surface area contributed by atoms with E-state index in [2.05, 4.69) is 33.0 Å². The maximum absolute atomic E-state index is 11.3. The second-order valence-electron chi connectivity index (χ2n) is 7.36. The smallest absolute Gasteiger partial charge is 0.316 e. The van der Waals surface area contributed by atoms with E-state index in [9.17, 15) is 4.79 Å². The quantitative estimate of drug-likeness (QED) is 0.549. The van der Waals surface area contributed by atoms with E-state index < -0.39 is 6.03 Å². The molecular weight excluding hydrogens is 380 g/mol. The average Bonchev–Trinajstić information content (AvgIpc) is 3.14. The maximum Gasteiger partial charge on any atom is 0.316 e. The molecule has 30 heavy (non-hydrogen) atoms. The van der Waals surface area contributed by atoms with E-state index in [0.717, 1.165) is 46.3 Å². The zero-order chi connectivity index (χ0) is 20.7. The summed E-state index contributed by atoms with van der Waals surface area (Å²) in [5.74, 6) is 1.51. The number of urea groups is 1. The van der Waals surface area contributed by atoms with E-state index >= 15 is 0 Å². The molecule has 0 saturated carbocycles. The molecule has 3 heterocycles. The zero-order valence-corrected chi connectivity index (χ0v) is 16.6. The minimum absolute atomic E-state index is 0.605. The van der Waals surface area contributed by atoms with E-state index in [1.165, 1.54) is 0 Å². The number of anilines is 2. The van der Waals surface area contributed by atoms with Gasteiger partial charge in [-0.15, -0.1) is 0 Å². The number of primary amides is 1. The van der Waals surface area contributed by atoms with Gasteiger partial charge in [0.15, 0.2) is 5.82 Å². The molecule has 8 heteroatoms. The van der Waals surface area contributed by atoms with Gasteiger partial charge in [0.1, 0.15) is 5.82 Å². The lowest BCUT2D eigenvalue weighted by Gasteiger charge is -2.29. The summed E-state index contributed by atoms with van der Waals surface area (Å²) < 4.78 is 7.62. The minimum atomic E-state index is -0.605. The second-order valence-corrected chi connectivity index (χ2v) is 7.36. The van der Waals surface area contributed by atoms with E-state index in [-0.39, 0.29) is 0 Å². The van der Waals surface area contributed by atoms with Crippen LogP contribution in [-0.4, -0.2) is 46.9 Å². The van der Waals surface area contributed by atoms with Gasteiger partial charge in [0.2, 0.25) is 0 Å². The van der Waals surface area contributed by atoms with Crippen LogP contribution >= 0.6 is 0 Å². The number of fused-ring (bicyclic) bond motifs is 3. The first-order valence-electron chi connectivity index (χ1n) is 9.85. The normalized spacial score (nSPS) is 14.4. The van der Waals surface area contributed by atoms with E-state index in [4.69, 9.17) is 20.4 Å². The van der Waals surface area contributed by atoms with Crippen LogP contribution in [0.4, 0.5) is 16.3 Å². The van der Waals surface area contributed by atoms with Crippen molar-refractivity contribution < 1.29 is 9.53 Å². The van der Waals surface area contributed by atoms with Crippen LogP contribution in [0.2, 0.25) is 0 Å². The van der Waals surface area contributed by atoms with E-state index in [1.54, 1.807) is 6.07 Å². The molecule has 2 amide bonds. The van der Waals surface area contributed by atoms with Gasteiger partial charge in [-0.1, -0.05) is 12.1 Å². The lowest BCUT2D eigenvalue weighted by molar-refractivity contribution is 0.122. The van der Waals surface area contributed by atoms with Crippen molar-refractivity contribution in [2.24, 2.45) is 12.8 Å².